The molecule has 0 aliphatic carbocycles. The number of rotatable bonds is 3. The molecule has 1 rings (SSSR count). The Balaban J connectivity index is 2.67. The molecule has 18 heavy (non-hydrogen) atoms. The summed E-state index contributed by atoms with van der Waals surface area (Å²) in [6.07, 6.45) is 0. The average molecular weight is 286 g/mol. The maximum atomic E-state index is 11.5. The standard InChI is InChI=1S/C11H12ClN3O2S/c1-6-7(12)3-2-4-8(6)15-11(17)10(16)14-5-9(13)18/h2-4H,5H2,1H3,(H2,13,18)(H,14,16)(H,15,17). The van der Waals surface area contributed by atoms with Crippen LogP contribution in [0.25, 0.3) is 0 Å². The highest BCUT2D eigenvalue weighted by atomic mass is 35.5. The summed E-state index contributed by atoms with van der Waals surface area (Å²) in [4.78, 5) is 23.0. The highest BCUT2D eigenvalue weighted by Gasteiger charge is 2.14. The molecule has 0 aromatic heterocycles. The third-order valence-electron chi connectivity index (χ3n) is 2.15. The Morgan fingerprint density at radius 3 is 2.67 bits per heavy atom. The number of thiocarbonyl (C=S) groups is 1. The van der Waals surface area contributed by atoms with Crippen LogP contribution in [0.15, 0.2) is 18.2 Å². The fourth-order valence-corrected chi connectivity index (χ4v) is 1.42. The van der Waals surface area contributed by atoms with Gasteiger partial charge in [-0.05, 0) is 24.6 Å². The molecule has 7 heteroatoms. The molecule has 0 radical (unpaired) electrons. The van der Waals surface area contributed by atoms with E-state index in [0.717, 1.165) is 0 Å². The summed E-state index contributed by atoms with van der Waals surface area (Å²) in [6, 6.07) is 5.03. The third kappa shape index (κ3) is 3.97. The van der Waals surface area contributed by atoms with Gasteiger partial charge in [-0.25, -0.2) is 0 Å². The van der Waals surface area contributed by atoms with Gasteiger partial charge in [0.15, 0.2) is 0 Å². The van der Waals surface area contributed by atoms with Gasteiger partial charge in [0.25, 0.3) is 0 Å². The van der Waals surface area contributed by atoms with Crippen molar-refractivity contribution in [2.45, 2.75) is 6.92 Å². The molecule has 0 unspecified atom stereocenters. The van der Waals surface area contributed by atoms with Crippen LogP contribution in [-0.4, -0.2) is 23.3 Å². The van der Waals surface area contributed by atoms with Crippen molar-refractivity contribution >= 4 is 46.3 Å². The van der Waals surface area contributed by atoms with E-state index in [2.05, 4.69) is 22.9 Å². The van der Waals surface area contributed by atoms with Crippen molar-refractivity contribution in [1.29, 1.82) is 0 Å². The number of carbonyl (C=O) groups excluding carboxylic acids is 2. The van der Waals surface area contributed by atoms with E-state index in [9.17, 15) is 9.59 Å². The van der Waals surface area contributed by atoms with E-state index in [-0.39, 0.29) is 11.5 Å². The van der Waals surface area contributed by atoms with Gasteiger partial charge in [-0.3, -0.25) is 9.59 Å². The Kier molecular flexibility index (Phi) is 5.06. The molecule has 0 bridgehead atoms. The minimum atomic E-state index is -0.804. The van der Waals surface area contributed by atoms with Crippen LogP contribution in [0, 0.1) is 6.92 Å². The summed E-state index contributed by atoms with van der Waals surface area (Å²) >= 11 is 10.5. The zero-order valence-corrected chi connectivity index (χ0v) is 11.2. The highest BCUT2D eigenvalue weighted by Crippen LogP contribution is 2.22. The lowest BCUT2D eigenvalue weighted by Gasteiger charge is -2.09. The van der Waals surface area contributed by atoms with E-state index in [0.29, 0.717) is 16.3 Å². The summed E-state index contributed by atoms with van der Waals surface area (Å²) in [5, 5.41) is 5.25. The number of benzene rings is 1. The summed E-state index contributed by atoms with van der Waals surface area (Å²) in [6.45, 7) is 1.72. The van der Waals surface area contributed by atoms with Crippen molar-refractivity contribution in [2.24, 2.45) is 5.73 Å². The number of hydrogen-bond acceptors (Lipinski definition) is 3. The maximum Gasteiger partial charge on any atom is 0.313 e. The molecule has 0 saturated carbocycles. The summed E-state index contributed by atoms with van der Waals surface area (Å²) in [5.74, 6) is -1.60. The molecule has 0 aliphatic rings. The number of anilines is 1. The van der Waals surface area contributed by atoms with E-state index >= 15 is 0 Å². The lowest BCUT2D eigenvalue weighted by Crippen LogP contribution is -2.39. The topological polar surface area (TPSA) is 84.2 Å². The Morgan fingerprint density at radius 1 is 1.39 bits per heavy atom. The second-order valence-corrected chi connectivity index (χ2v) is 4.45. The number of halogens is 1. The SMILES string of the molecule is Cc1c(Cl)cccc1NC(=O)C(=O)NCC(N)=S. The molecule has 0 saturated heterocycles. The zero-order chi connectivity index (χ0) is 13.7. The van der Waals surface area contributed by atoms with Crippen molar-refractivity contribution in [1.82, 2.24) is 5.32 Å². The van der Waals surface area contributed by atoms with Gasteiger partial charge >= 0.3 is 11.8 Å². The molecule has 0 heterocycles. The predicted molar refractivity (Wildman–Crippen MR) is 74.6 cm³/mol. The van der Waals surface area contributed by atoms with Gasteiger partial charge in [-0.1, -0.05) is 29.9 Å². The quantitative estimate of drug-likeness (QED) is 0.571. The Hall–Kier alpha value is -1.66. The van der Waals surface area contributed by atoms with E-state index in [1.165, 1.54) is 0 Å². The van der Waals surface area contributed by atoms with Gasteiger partial charge in [0.05, 0.1) is 11.5 Å². The molecule has 1 aromatic rings. The molecule has 4 N–H and O–H groups in total. The number of nitrogens with two attached hydrogens (primary N) is 1. The second kappa shape index (κ2) is 6.32. The normalized spacial score (nSPS) is 9.67. The van der Waals surface area contributed by atoms with Crippen LogP contribution in [0.3, 0.4) is 0 Å². The van der Waals surface area contributed by atoms with Crippen LogP contribution < -0.4 is 16.4 Å². The van der Waals surface area contributed by atoms with Crippen LogP contribution in [0.2, 0.25) is 5.02 Å². The highest BCUT2D eigenvalue weighted by molar-refractivity contribution is 7.80. The first-order valence-electron chi connectivity index (χ1n) is 5.04. The van der Waals surface area contributed by atoms with E-state index in [1.54, 1.807) is 25.1 Å². The number of hydrogen-bond donors (Lipinski definition) is 3. The van der Waals surface area contributed by atoms with Gasteiger partial charge in [0.2, 0.25) is 0 Å². The van der Waals surface area contributed by atoms with Crippen LogP contribution in [-0.2, 0) is 9.59 Å². The first-order valence-corrected chi connectivity index (χ1v) is 5.83. The Bertz CT molecular complexity index is 505. The van der Waals surface area contributed by atoms with Crippen LogP contribution in [0.4, 0.5) is 5.69 Å². The van der Waals surface area contributed by atoms with Crippen LogP contribution >= 0.6 is 23.8 Å². The monoisotopic (exact) mass is 285 g/mol. The molecule has 96 valence electrons. The molecule has 1 aromatic carbocycles. The van der Waals surface area contributed by atoms with Crippen LogP contribution in [0.1, 0.15) is 5.56 Å². The lowest BCUT2D eigenvalue weighted by molar-refractivity contribution is -0.135. The lowest BCUT2D eigenvalue weighted by atomic mass is 10.2. The molecule has 0 fully saturated rings. The fourth-order valence-electron chi connectivity index (χ4n) is 1.17. The molecule has 0 spiro atoms. The van der Waals surface area contributed by atoms with Crippen molar-refractivity contribution in [2.75, 3.05) is 11.9 Å². The summed E-state index contributed by atoms with van der Waals surface area (Å²) in [7, 11) is 0. The zero-order valence-electron chi connectivity index (χ0n) is 9.62. The van der Waals surface area contributed by atoms with Gasteiger partial charge in [0, 0.05) is 10.7 Å². The van der Waals surface area contributed by atoms with Gasteiger partial charge < -0.3 is 16.4 Å². The molecule has 0 atom stereocenters. The summed E-state index contributed by atoms with van der Waals surface area (Å²) < 4.78 is 0. The number of amides is 2. The van der Waals surface area contributed by atoms with Gasteiger partial charge in [-0.15, -0.1) is 0 Å². The summed E-state index contributed by atoms with van der Waals surface area (Å²) in [5.41, 5.74) is 6.38. The average Bonchev–Trinajstić information content (AvgIpc) is 2.31. The third-order valence-corrected chi connectivity index (χ3v) is 2.70. The molecule has 5 nitrogen and oxygen atoms in total. The first kappa shape index (κ1) is 14.4. The molecular weight excluding hydrogens is 274 g/mol. The van der Waals surface area contributed by atoms with Crippen molar-refractivity contribution in [3.8, 4) is 0 Å². The van der Waals surface area contributed by atoms with E-state index in [4.69, 9.17) is 17.3 Å². The van der Waals surface area contributed by atoms with Crippen LogP contribution in [0.5, 0.6) is 0 Å². The fraction of sp³-hybridized carbons (Fsp3) is 0.182. The molecular formula is C11H12ClN3O2S. The predicted octanol–water partition coefficient (Wildman–Crippen LogP) is 0.989. The molecule has 2 amide bonds. The Labute approximate surface area is 115 Å². The maximum absolute atomic E-state index is 11.5. The van der Waals surface area contributed by atoms with Crippen molar-refractivity contribution in [3.05, 3.63) is 28.8 Å². The van der Waals surface area contributed by atoms with E-state index in [1.807, 2.05) is 0 Å². The van der Waals surface area contributed by atoms with Crippen molar-refractivity contribution in [3.63, 3.8) is 0 Å². The van der Waals surface area contributed by atoms with Gasteiger partial charge in [-0.2, -0.15) is 0 Å². The first-order chi connectivity index (χ1) is 8.41. The number of nitrogens with one attached hydrogen (secondary N) is 2. The minimum Gasteiger partial charge on any atom is -0.392 e. The largest absolute Gasteiger partial charge is 0.392 e. The minimum absolute atomic E-state index is 0.0177. The smallest absolute Gasteiger partial charge is 0.313 e. The van der Waals surface area contributed by atoms with Gasteiger partial charge in [0.1, 0.15) is 0 Å². The Morgan fingerprint density at radius 2 is 2.06 bits per heavy atom. The molecule has 0 aliphatic heterocycles. The second-order valence-electron chi connectivity index (χ2n) is 3.52. The van der Waals surface area contributed by atoms with Crippen molar-refractivity contribution < 1.29 is 9.59 Å². The van der Waals surface area contributed by atoms with E-state index < -0.39 is 11.8 Å². The number of carbonyl (C=O) groups is 2.